The first-order chi connectivity index (χ1) is 16.4. The van der Waals surface area contributed by atoms with Crippen molar-refractivity contribution in [1.29, 1.82) is 0 Å². The molecule has 0 saturated heterocycles. The second kappa shape index (κ2) is 14.1. The van der Waals surface area contributed by atoms with Gasteiger partial charge in [-0.05, 0) is 30.5 Å². The van der Waals surface area contributed by atoms with Crippen molar-refractivity contribution in [3.05, 3.63) is 29.8 Å². The molecule has 3 atom stereocenters. The van der Waals surface area contributed by atoms with Crippen LogP contribution in [0.1, 0.15) is 31.2 Å². The highest BCUT2D eigenvalue weighted by Gasteiger charge is 2.26. The fraction of sp³-hybridized carbons (Fsp3) is 0.429. The van der Waals surface area contributed by atoms with Gasteiger partial charge in [0, 0.05) is 19.3 Å². The van der Waals surface area contributed by atoms with E-state index in [9.17, 15) is 39.0 Å². The fourth-order valence-electron chi connectivity index (χ4n) is 2.85. The molecule has 10 N–H and O–H groups in total. The molecule has 0 aliphatic carbocycles. The molecule has 14 nitrogen and oxygen atoms in total. The number of carboxylic acids is 2. The van der Waals surface area contributed by atoms with E-state index in [1.807, 2.05) is 0 Å². The molecule has 0 bridgehead atoms. The van der Waals surface area contributed by atoms with Gasteiger partial charge in [0.25, 0.3) is 0 Å². The molecule has 0 aliphatic heterocycles. The number of carboxylic acid groups (broad SMARTS) is 2. The smallest absolute Gasteiger partial charge is 0.326 e. The molecule has 35 heavy (non-hydrogen) atoms. The summed E-state index contributed by atoms with van der Waals surface area (Å²) in [4.78, 5) is 70.1. The summed E-state index contributed by atoms with van der Waals surface area (Å²) in [5.41, 5.74) is 11.2. The Balaban J connectivity index is 2.70. The minimum atomic E-state index is -1.32. The van der Waals surface area contributed by atoms with E-state index in [1.165, 1.54) is 24.3 Å². The van der Waals surface area contributed by atoms with Crippen molar-refractivity contribution < 1.29 is 44.1 Å². The molecule has 192 valence electrons. The summed E-state index contributed by atoms with van der Waals surface area (Å²) < 4.78 is 0. The van der Waals surface area contributed by atoms with Crippen LogP contribution in [0.15, 0.2) is 24.3 Å². The van der Waals surface area contributed by atoms with Crippen LogP contribution < -0.4 is 27.4 Å². The molecule has 0 fully saturated rings. The molecule has 0 spiro atoms. The van der Waals surface area contributed by atoms with E-state index in [-0.39, 0.29) is 37.9 Å². The van der Waals surface area contributed by atoms with Crippen LogP contribution in [0.25, 0.3) is 0 Å². The number of rotatable bonds is 15. The number of phenolic OH excluding ortho intramolecular Hbond substituents is 1. The maximum Gasteiger partial charge on any atom is 0.326 e. The minimum absolute atomic E-state index is 0.00630. The van der Waals surface area contributed by atoms with E-state index in [0.29, 0.717) is 5.56 Å². The molecule has 1 aromatic carbocycles. The summed E-state index contributed by atoms with van der Waals surface area (Å²) in [5.74, 6) is -5.75. The van der Waals surface area contributed by atoms with E-state index < -0.39 is 60.2 Å². The van der Waals surface area contributed by atoms with Crippen molar-refractivity contribution >= 4 is 35.6 Å². The van der Waals surface area contributed by atoms with Gasteiger partial charge in [0.15, 0.2) is 0 Å². The van der Waals surface area contributed by atoms with Gasteiger partial charge in [0.1, 0.15) is 17.8 Å². The first kappa shape index (κ1) is 28.8. The summed E-state index contributed by atoms with van der Waals surface area (Å²) in [7, 11) is 0. The van der Waals surface area contributed by atoms with Crippen LogP contribution in [0.4, 0.5) is 0 Å². The van der Waals surface area contributed by atoms with Crippen molar-refractivity contribution in [3.63, 3.8) is 0 Å². The second-order valence-electron chi connectivity index (χ2n) is 7.65. The van der Waals surface area contributed by atoms with Crippen LogP contribution in [-0.4, -0.2) is 75.6 Å². The number of benzene rings is 1. The van der Waals surface area contributed by atoms with E-state index in [0.717, 1.165) is 0 Å². The minimum Gasteiger partial charge on any atom is -0.508 e. The number of nitrogens with two attached hydrogens (primary N) is 2. The molecule has 0 heterocycles. The molecule has 14 heteroatoms. The Bertz CT molecular complexity index is 936. The van der Waals surface area contributed by atoms with Crippen LogP contribution in [0.3, 0.4) is 0 Å². The molecular formula is C21H29N5O9. The number of carbonyl (C=O) groups excluding carboxylic acids is 4. The Kier molecular flexibility index (Phi) is 11.7. The third kappa shape index (κ3) is 11.5. The predicted octanol–water partition coefficient (Wildman–Crippen LogP) is -2.44. The summed E-state index contributed by atoms with van der Waals surface area (Å²) in [5, 5.41) is 34.1. The van der Waals surface area contributed by atoms with Crippen molar-refractivity contribution in [2.75, 3.05) is 6.54 Å². The van der Waals surface area contributed by atoms with E-state index in [2.05, 4.69) is 16.0 Å². The lowest BCUT2D eigenvalue weighted by atomic mass is 10.1. The molecule has 1 rings (SSSR count). The fourth-order valence-corrected chi connectivity index (χ4v) is 2.85. The van der Waals surface area contributed by atoms with Crippen LogP contribution in [-0.2, 0) is 35.2 Å². The molecule has 0 radical (unpaired) electrons. The number of hydrogen-bond acceptors (Lipinski definition) is 8. The number of nitrogens with one attached hydrogen (secondary N) is 3. The lowest BCUT2D eigenvalue weighted by molar-refractivity contribution is -0.141. The highest BCUT2D eigenvalue weighted by molar-refractivity contribution is 5.93. The molecule has 3 unspecified atom stereocenters. The van der Waals surface area contributed by atoms with Crippen LogP contribution in [0, 0.1) is 0 Å². The Labute approximate surface area is 200 Å². The summed E-state index contributed by atoms with van der Waals surface area (Å²) in [6, 6.07) is 1.87. The topological polar surface area (TPSA) is 251 Å². The zero-order valence-electron chi connectivity index (χ0n) is 18.7. The Morgan fingerprint density at radius 2 is 1.49 bits per heavy atom. The maximum atomic E-state index is 12.5. The molecule has 0 saturated carbocycles. The number of aromatic hydroxyl groups is 1. The standard InChI is InChI=1S/C21H29N5O9/c22-13(5-8-18(30)31)19(32)26-14(6-7-16(23)28)20(33)24-10-17(29)25-15(21(34)35)9-11-1-3-12(27)4-2-11/h1-4,13-15,27H,5-10,22H2,(H2,23,28)(H,24,33)(H,25,29)(H,26,32)(H,30,31)(H,34,35). The van der Waals surface area contributed by atoms with Crippen molar-refractivity contribution in [3.8, 4) is 5.75 Å². The average molecular weight is 495 g/mol. The summed E-state index contributed by atoms with van der Waals surface area (Å²) in [6.07, 6.45) is -1.13. The summed E-state index contributed by atoms with van der Waals surface area (Å²) >= 11 is 0. The molecule has 1 aromatic rings. The van der Waals surface area contributed by atoms with E-state index >= 15 is 0 Å². The van der Waals surface area contributed by atoms with Gasteiger partial charge in [-0.15, -0.1) is 0 Å². The molecule has 4 amide bonds. The third-order valence-corrected chi connectivity index (χ3v) is 4.75. The number of aliphatic carboxylic acids is 2. The quantitative estimate of drug-likeness (QED) is 0.128. The monoisotopic (exact) mass is 495 g/mol. The first-order valence-electron chi connectivity index (χ1n) is 10.5. The maximum absolute atomic E-state index is 12.5. The predicted molar refractivity (Wildman–Crippen MR) is 120 cm³/mol. The zero-order chi connectivity index (χ0) is 26.5. The van der Waals surface area contributed by atoms with Crippen LogP contribution >= 0.6 is 0 Å². The second-order valence-corrected chi connectivity index (χ2v) is 7.65. The normalized spacial score (nSPS) is 13.1. The summed E-state index contributed by atoms with van der Waals surface area (Å²) in [6.45, 7) is -0.633. The number of carbonyl (C=O) groups is 6. The zero-order valence-corrected chi connectivity index (χ0v) is 18.7. The van der Waals surface area contributed by atoms with E-state index in [1.54, 1.807) is 0 Å². The lowest BCUT2D eigenvalue weighted by Gasteiger charge is -2.20. The molecule has 0 aliphatic rings. The van der Waals surface area contributed by atoms with Gasteiger partial charge in [-0.2, -0.15) is 0 Å². The Morgan fingerprint density at radius 1 is 0.857 bits per heavy atom. The highest BCUT2D eigenvalue weighted by atomic mass is 16.4. The van der Waals surface area contributed by atoms with Crippen molar-refractivity contribution in [2.45, 2.75) is 50.2 Å². The SMILES string of the molecule is NC(=O)CCC(NC(=O)C(N)CCC(=O)O)C(=O)NCC(=O)NC(Cc1ccc(O)cc1)C(=O)O. The molecular weight excluding hydrogens is 466 g/mol. The number of phenols is 1. The van der Waals surface area contributed by atoms with Gasteiger partial charge in [-0.3, -0.25) is 24.0 Å². The van der Waals surface area contributed by atoms with Crippen LogP contribution in [0.5, 0.6) is 5.75 Å². The van der Waals surface area contributed by atoms with Crippen molar-refractivity contribution in [1.82, 2.24) is 16.0 Å². The largest absolute Gasteiger partial charge is 0.508 e. The third-order valence-electron chi connectivity index (χ3n) is 4.75. The van der Waals surface area contributed by atoms with Gasteiger partial charge in [-0.1, -0.05) is 12.1 Å². The lowest BCUT2D eigenvalue weighted by Crippen LogP contribution is -2.53. The molecule has 0 aromatic heterocycles. The highest BCUT2D eigenvalue weighted by Crippen LogP contribution is 2.11. The van der Waals surface area contributed by atoms with Crippen LogP contribution in [0.2, 0.25) is 0 Å². The Morgan fingerprint density at radius 3 is 2.03 bits per heavy atom. The number of primary amides is 1. The van der Waals surface area contributed by atoms with Gasteiger partial charge in [0.05, 0.1) is 12.6 Å². The Hall–Kier alpha value is -4.20. The van der Waals surface area contributed by atoms with E-state index in [4.69, 9.17) is 16.6 Å². The number of amides is 4. The van der Waals surface area contributed by atoms with Gasteiger partial charge in [-0.25, -0.2) is 4.79 Å². The van der Waals surface area contributed by atoms with Gasteiger partial charge < -0.3 is 42.7 Å². The number of hydrogen-bond donors (Lipinski definition) is 8. The van der Waals surface area contributed by atoms with Gasteiger partial charge >= 0.3 is 11.9 Å². The van der Waals surface area contributed by atoms with Crippen molar-refractivity contribution in [2.24, 2.45) is 11.5 Å². The van der Waals surface area contributed by atoms with Gasteiger partial charge in [0.2, 0.25) is 23.6 Å². The average Bonchev–Trinajstić information content (AvgIpc) is 2.79. The first-order valence-corrected chi connectivity index (χ1v) is 10.5.